The summed E-state index contributed by atoms with van der Waals surface area (Å²) in [4.78, 5) is 13.5. The van der Waals surface area contributed by atoms with Crippen LogP contribution in [0, 0.1) is 6.92 Å². The first-order chi connectivity index (χ1) is 12.6. The molecule has 1 N–H and O–H groups in total. The molecule has 0 fully saturated rings. The van der Waals surface area contributed by atoms with Crippen LogP contribution < -0.4 is 10.1 Å². The summed E-state index contributed by atoms with van der Waals surface area (Å²) >= 11 is 1.73. The van der Waals surface area contributed by atoms with Gasteiger partial charge in [-0.1, -0.05) is 54.1 Å². The predicted octanol–water partition coefficient (Wildman–Crippen LogP) is 4.82. The predicted molar refractivity (Wildman–Crippen MR) is 109 cm³/mol. The van der Waals surface area contributed by atoms with E-state index in [2.05, 4.69) is 36.5 Å². The fraction of sp³-hybridized carbons (Fsp3) is 0.227. The molecule has 3 nitrogen and oxygen atoms in total. The molecule has 0 saturated heterocycles. The second-order valence-corrected chi connectivity index (χ2v) is 7.36. The van der Waals surface area contributed by atoms with Gasteiger partial charge in [-0.2, -0.15) is 0 Å². The molecule has 3 aromatic carbocycles. The molecule has 0 radical (unpaired) electrons. The summed E-state index contributed by atoms with van der Waals surface area (Å²) in [5.41, 5.74) is 1.25. The minimum atomic E-state index is -0.537. The first-order valence-corrected chi connectivity index (χ1v) is 9.73. The van der Waals surface area contributed by atoms with Gasteiger partial charge in [0.25, 0.3) is 5.91 Å². The number of ether oxygens (including phenoxy) is 1. The Morgan fingerprint density at radius 1 is 1.04 bits per heavy atom. The highest BCUT2D eigenvalue weighted by atomic mass is 32.2. The minimum Gasteiger partial charge on any atom is -0.480 e. The maximum absolute atomic E-state index is 12.3. The Morgan fingerprint density at radius 2 is 1.77 bits per heavy atom. The van der Waals surface area contributed by atoms with Crippen LogP contribution in [0.1, 0.15) is 12.5 Å². The molecule has 0 aliphatic heterocycles. The number of benzene rings is 3. The zero-order valence-electron chi connectivity index (χ0n) is 15.1. The second-order valence-electron chi connectivity index (χ2n) is 6.19. The third-order valence-electron chi connectivity index (χ3n) is 4.11. The molecule has 134 valence electrons. The zero-order valence-corrected chi connectivity index (χ0v) is 15.9. The average molecular weight is 365 g/mol. The monoisotopic (exact) mass is 365 g/mol. The Balaban J connectivity index is 1.49. The SMILES string of the molecule is Cc1ccc(SCCNC(=O)[C@H](C)Oc2cccc3ccccc23)cc1. The number of thioether (sulfide) groups is 1. The standard InChI is InChI=1S/C22H23NO2S/c1-16-10-12-19(13-11-16)26-15-14-23-22(24)17(2)25-21-9-5-7-18-6-3-4-8-20(18)21/h3-13,17H,14-15H2,1-2H3,(H,23,24)/t17-/m0/s1. The quantitative estimate of drug-likeness (QED) is 0.482. The maximum atomic E-state index is 12.3. The lowest BCUT2D eigenvalue weighted by Gasteiger charge is -2.16. The van der Waals surface area contributed by atoms with Gasteiger partial charge >= 0.3 is 0 Å². The highest BCUT2D eigenvalue weighted by Gasteiger charge is 2.15. The van der Waals surface area contributed by atoms with Crippen LogP contribution >= 0.6 is 11.8 Å². The van der Waals surface area contributed by atoms with Gasteiger partial charge in [0.2, 0.25) is 0 Å². The number of nitrogens with one attached hydrogen (secondary N) is 1. The Labute approximate surface area is 158 Å². The van der Waals surface area contributed by atoms with Crippen molar-refractivity contribution >= 4 is 28.4 Å². The van der Waals surface area contributed by atoms with Crippen molar-refractivity contribution in [1.82, 2.24) is 5.32 Å². The van der Waals surface area contributed by atoms with Gasteiger partial charge in [-0.25, -0.2) is 0 Å². The van der Waals surface area contributed by atoms with Crippen molar-refractivity contribution in [3.8, 4) is 5.75 Å². The molecule has 0 saturated carbocycles. The summed E-state index contributed by atoms with van der Waals surface area (Å²) in [6.45, 7) is 4.47. The van der Waals surface area contributed by atoms with Crippen LogP contribution in [0.25, 0.3) is 10.8 Å². The van der Waals surface area contributed by atoms with E-state index in [-0.39, 0.29) is 5.91 Å². The fourth-order valence-corrected chi connectivity index (χ4v) is 3.43. The molecule has 3 aromatic rings. The van der Waals surface area contributed by atoms with Gasteiger partial charge in [-0.05, 0) is 37.4 Å². The summed E-state index contributed by atoms with van der Waals surface area (Å²) in [6, 6.07) is 22.3. The molecular formula is C22H23NO2S. The van der Waals surface area contributed by atoms with Gasteiger partial charge in [-0.3, -0.25) is 4.79 Å². The number of fused-ring (bicyclic) bond motifs is 1. The first-order valence-electron chi connectivity index (χ1n) is 8.75. The number of aryl methyl sites for hydroxylation is 1. The molecule has 0 heterocycles. The van der Waals surface area contributed by atoms with Crippen LogP contribution in [0.5, 0.6) is 5.75 Å². The van der Waals surface area contributed by atoms with E-state index in [9.17, 15) is 4.79 Å². The lowest BCUT2D eigenvalue weighted by molar-refractivity contribution is -0.127. The molecule has 0 spiro atoms. The van der Waals surface area contributed by atoms with Crippen molar-refractivity contribution in [1.29, 1.82) is 0 Å². The molecule has 0 aliphatic carbocycles. The number of amides is 1. The van der Waals surface area contributed by atoms with Crippen molar-refractivity contribution in [2.24, 2.45) is 0 Å². The third-order valence-corrected chi connectivity index (χ3v) is 5.13. The van der Waals surface area contributed by atoms with Crippen LogP contribution in [0.2, 0.25) is 0 Å². The number of carbonyl (C=O) groups excluding carboxylic acids is 1. The van der Waals surface area contributed by atoms with Gasteiger partial charge in [0, 0.05) is 22.6 Å². The Kier molecular flexibility index (Phi) is 6.18. The summed E-state index contributed by atoms with van der Waals surface area (Å²) in [5, 5.41) is 5.07. The molecule has 3 rings (SSSR count). The number of rotatable bonds is 7. The maximum Gasteiger partial charge on any atom is 0.260 e. The lowest BCUT2D eigenvalue weighted by Crippen LogP contribution is -2.37. The van der Waals surface area contributed by atoms with Crippen molar-refractivity contribution < 1.29 is 9.53 Å². The van der Waals surface area contributed by atoms with Gasteiger partial charge in [0.05, 0.1) is 0 Å². The van der Waals surface area contributed by atoms with Crippen molar-refractivity contribution in [3.63, 3.8) is 0 Å². The van der Waals surface area contributed by atoms with E-state index in [1.807, 2.05) is 42.5 Å². The molecule has 26 heavy (non-hydrogen) atoms. The summed E-state index contributed by atoms with van der Waals surface area (Å²) in [6.07, 6.45) is -0.537. The minimum absolute atomic E-state index is 0.0950. The van der Waals surface area contributed by atoms with Crippen LogP contribution in [0.4, 0.5) is 0 Å². The van der Waals surface area contributed by atoms with Gasteiger partial charge in [0.15, 0.2) is 6.10 Å². The molecule has 0 bridgehead atoms. The fourth-order valence-electron chi connectivity index (χ4n) is 2.66. The first kappa shape index (κ1) is 18.3. The third kappa shape index (κ3) is 4.79. The molecular weight excluding hydrogens is 342 g/mol. The van der Waals surface area contributed by atoms with Crippen molar-refractivity contribution in [3.05, 3.63) is 72.3 Å². The average Bonchev–Trinajstić information content (AvgIpc) is 2.66. The van der Waals surface area contributed by atoms with Gasteiger partial charge in [-0.15, -0.1) is 11.8 Å². The molecule has 0 aromatic heterocycles. The summed E-state index contributed by atoms with van der Waals surface area (Å²) in [7, 11) is 0. The number of carbonyl (C=O) groups is 1. The molecule has 4 heteroatoms. The molecule has 1 atom stereocenters. The van der Waals surface area contributed by atoms with Crippen LogP contribution in [-0.4, -0.2) is 24.3 Å². The second kappa shape index (κ2) is 8.77. The van der Waals surface area contributed by atoms with E-state index in [0.29, 0.717) is 6.54 Å². The van der Waals surface area contributed by atoms with Gasteiger partial charge < -0.3 is 10.1 Å². The van der Waals surface area contributed by atoms with E-state index in [1.165, 1.54) is 10.5 Å². The largest absolute Gasteiger partial charge is 0.480 e. The van der Waals surface area contributed by atoms with E-state index < -0.39 is 6.10 Å². The van der Waals surface area contributed by atoms with E-state index in [4.69, 9.17) is 4.74 Å². The zero-order chi connectivity index (χ0) is 18.4. The van der Waals surface area contributed by atoms with Crippen LogP contribution in [0.3, 0.4) is 0 Å². The Morgan fingerprint density at radius 3 is 2.58 bits per heavy atom. The highest BCUT2D eigenvalue weighted by molar-refractivity contribution is 7.99. The van der Waals surface area contributed by atoms with E-state index in [1.54, 1.807) is 18.7 Å². The van der Waals surface area contributed by atoms with Crippen molar-refractivity contribution in [2.45, 2.75) is 24.8 Å². The highest BCUT2D eigenvalue weighted by Crippen LogP contribution is 2.26. The van der Waals surface area contributed by atoms with Crippen LogP contribution in [0.15, 0.2) is 71.6 Å². The van der Waals surface area contributed by atoms with Gasteiger partial charge in [0.1, 0.15) is 5.75 Å². The van der Waals surface area contributed by atoms with E-state index in [0.717, 1.165) is 22.3 Å². The van der Waals surface area contributed by atoms with Crippen LogP contribution in [-0.2, 0) is 4.79 Å². The van der Waals surface area contributed by atoms with Crippen molar-refractivity contribution in [2.75, 3.05) is 12.3 Å². The molecule has 1 amide bonds. The Bertz CT molecular complexity index is 871. The molecule has 0 aliphatic rings. The summed E-state index contributed by atoms with van der Waals surface area (Å²) in [5.74, 6) is 1.47. The number of hydrogen-bond acceptors (Lipinski definition) is 3. The molecule has 0 unspecified atom stereocenters. The smallest absolute Gasteiger partial charge is 0.260 e. The van der Waals surface area contributed by atoms with E-state index >= 15 is 0 Å². The number of hydrogen-bond donors (Lipinski definition) is 1. The normalized spacial score (nSPS) is 11.9. The lowest BCUT2D eigenvalue weighted by atomic mass is 10.1. The topological polar surface area (TPSA) is 38.3 Å². The summed E-state index contributed by atoms with van der Waals surface area (Å²) < 4.78 is 5.90. The Hall–Kier alpha value is -2.46.